The average Bonchev–Trinajstić information content (AvgIpc) is 2.36. The summed E-state index contributed by atoms with van der Waals surface area (Å²) in [4.78, 5) is 26.6. The van der Waals surface area contributed by atoms with Gasteiger partial charge in [0.25, 0.3) is 0 Å². The van der Waals surface area contributed by atoms with Gasteiger partial charge in [-0.3, -0.25) is 5.32 Å². The maximum Gasteiger partial charge on any atom is 0.326 e. The summed E-state index contributed by atoms with van der Waals surface area (Å²) in [5.74, 6) is -0.805. The van der Waals surface area contributed by atoms with E-state index in [1.165, 1.54) is 0 Å². The maximum absolute atomic E-state index is 11.6. The minimum atomic E-state index is -1.04. The van der Waals surface area contributed by atoms with Crippen LogP contribution in [0.3, 0.4) is 0 Å². The molecule has 0 aliphatic heterocycles. The van der Waals surface area contributed by atoms with Gasteiger partial charge in [0.05, 0.1) is 0 Å². The molecule has 0 saturated heterocycles. The number of pyridine rings is 1. The fraction of sp³-hybridized carbons (Fsp3) is 0.417. The number of anilines is 1. The van der Waals surface area contributed by atoms with Crippen molar-refractivity contribution in [3.63, 3.8) is 0 Å². The van der Waals surface area contributed by atoms with Crippen LogP contribution in [0.5, 0.6) is 0 Å². The molecule has 98 valence electrons. The quantitative estimate of drug-likeness (QED) is 0.742. The van der Waals surface area contributed by atoms with Crippen LogP contribution in [0.2, 0.25) is 0 Å². The molecule has 1 rings (SSSR count). The molecular weight excluding hydrogens is 234 g/mol. The van der Waals surface area contributed by atoms with Crippen LogP contribution in [-0.2, 0) is 4.79 Å². The number of urea groups is 1. The lowest BCUT2D eigenvalue weighted by Crippen LogP contribution is -2.46. The van der Waals surface area contributed by atoms with Gasteiger partial charge in [-0.25, -0.2) is 14.6 Å². The van der Waals surface area contributed by atoms with E-state index in [0.29, 0.717) is 12.2 Å². The van der Waals surface area contributed by atoms with Crippen LogP contribution in [0.4, 0.5) is 10.6 Å². The summed E-state index contributed by atoms with van der Waals surface area (Å²) in [6.45, 7) is 3.65. The smallest absolute Gasteiger partial charge is 0.326 e. The highest BCUT2D eigenvalue weighted by Crippen LogP contribution is 2.08. The van der Waals surface area contributed by atoms with E-state index >= 15 is 0 Å². The SMILES string of the molecule is CCC(C)C(NC(=O)Nc1ccccn1)C(=O)O. The van der Waals surface area contributed by atoms with Crippen molar-refractivity contribution in [2.75, 3.05) is 5.32 Å². The summed E-state index contributed by atoms with van der Waals surface area (Å²) in [5, 5.41) is 13.9. The van der Waals surface area contributed by atoms with Crippen LogP contribution in [0.15, 0.2) is 24.4 Å². The largest absolute Gasteiger partial charge is 0.480 e. The van der Waals surface area contributed by atoms with E-state index in [1.54, 1.807) is 31.3 Å². The number of carboxylic acid groups (broad SMARTS) is 1. The number of carbonyl (C=O) groups is 2. The van der Waals surface area contributed by atoms with Gasteiger partial charge in [-0.1, -0.05) is 26.3 Å². The molecule has 0 bridgehead atoms. The molecule has 1 aromatic rings. The zero-order valence-corrected chi connectivity index (χ0v) is 10.4. The zero-order valence-electron chi connectivity index (χ0n) is 10.4. The molecule has 0 aromatic carbocycles. The lowest BCUT2D eigenvalue weighted by molar-refractivity contribution is -0.140. The molecule has 1 aromatic heterocycles. The molecule has 0 radical (unpaired) electrons. The van der Waals surface area contributed by atoms with E-state index in [0.717, 1.165) is 0 Å². The normalized spacial score (nSPS) is 13.4. The van der Waals surface area contributed by atoms with Gasteiger partial charge in [-0.15, -0.1) is 0 Å². The van der Waals surface area contributed by atoms with E-state index in [-0.39, 0.29) is 5.92 Å². The standard InChI is InChI=1S/C12H17N3O3/c1-3-8(2)10(11(16)17)15-12(18)14-9-6-4-5-7-13-9/h4-8,10H,3H2,1-2H3,(H,16,17)(H2,13,14,15,18). The van der Waals surface area contributed by atoms with Crippen LogP contribution < -0.4 is 10.6 Å². The highest BCUT2D eigenvalue weighted by molar-refractivity contribution is 5.91. The number of carboxylic acids is 1. The fourth-order valence-electron chi connectivity index (χ4n) is 1.41. The molecule has 0 fully saturated rings. The van der Waals surface area contributed by atoms with Crippen LogP contribution in [0.1, 0.15) is 20.3 Å². The summed E-state index contributed by atoms with van der Waals surface area (Å²) < 4.78 is 0. The van der Waals surface area contributed by atoms with Gasteiger partial charge in [-0.2, -0.15) is 0 Å². The Morgan fingerprint density at radius 1 is 1.44 bits per heavy atom. The van der Waals surface area contributed by atoms with Gasteiger partial charge in [0.2, 0.25) is 0 Å². The molecule has 0 saturated carbocycles. The molecule has 2 atom stereocenters. The Hall–Kier alpha value is -2.11. The lowest BCUT2D eigenvalue weighted by atomic mass is 9.99. The van der Waals surface area contributed by atoms with Gasteiger partial charge in [0.15, 0.2) is 0 Å². The van der Waals surface area contributed by atoms with Crippen LogP contribution in [0.25, 0.3) is 0 Å². The number of amides is 2. The molecule has 2 unspecified atom stereocenters. The first-order chi connectivity index (χ1) is 8.54. The number of carbonyl (C=O) groups excluding carboxylic acids is 1. The third-order valence-electron chi connectivity index (χ3n) is 2.67. The lowest BCUT2D eigenvalue weighted by Gasteiger charge is -2.20. The van der Waals surface area contributed by atoms with E-state index in [9.17, 15) is 9.59 Å². The molecule has 18 heavy (non-hydrogen) atoms. The molecule has 1 heterocycles. The molecule has 0 aliphatic rings. The summed E-state index contributed by atoms with van der Waals surface area (Å²) in [6.07, 6.45) is 2.21. The first-order valence-corrected chi connectivity index (χ1v) is 5.76. The van der Waals surface area contributed by atoms with E-state index in [2.05, 4.69) is 15.6 Å². The maximum atomic E-state index is 11.6. The first kappa shape index (κ1) is 14.0. The third kappa shape index (κ3) is 4.04. The average molecular weight is 251 g/mol. The Bertz CT molecular complexity index is 408. The van der Waals surface area contributed by atoms with Crippen molar-refractivity contribution < 1.29 is 14.7 Å². The van der Waals surface area contributed by atoms with Crippen molar-refractivity contribution in [1.29, 1.82) is 0 Å². The minimum absolute atomic E-state index is 0.142. The van der Waals surface area contributed by atoms with Crippen molar-refractivity contribution in [1.82, 2.24) is 10.3 Å². The molecule has 0 aliphatic carbocycles. The molecule has 6 nitrogen and oxygen atoms in total. The van der Waals surface area contributed by atoms with Gasteiger partial charge in [0, 0.05) is 6.20 Å². The second-order valence-electron chi connectivity index (χ2n) is 4.01. The number of aromatic nitrogens is 1. The summed E-state index contributed by atoms with van der Waals surface area (Å²) in [6, 6.07) is 3.60. The van der Waals surface area contributed by atoms with Gasteiger partial charge >= 0.3 is 12.0 Å². The van der Waals surface area contributed by atoms with E-state index in [1.807, 2.05) is 6.92 Å². The van der Waals surface area contributed by atoms with E-state index in [4.69, 9.17) is 5.11 Å². The van der Waals surface area contributed by atoms with Crippen molar-refractivity contribution in [3.05, 3.63) is 24.4 Å². The van der Waals surface area contributed by atoms with Crippen molar-refractivity contribution >= 4 is 17.8 Å². The zero-order chi connectivity index (χ0) is 13.5. The topological polar surface area (TPSA) is 91.3 Å². The summed E-state index contributed by atoms with van der Waals surface area (Å²) in [7, 11) is 0. The Balaban J connectivity index is 2.60. The summed E-state index contributed by atoms with van der Waals surface area (Å²) in [5.41, 5.74) is 0. The van der Waals surface area contributed by atoms with Crippen LogP contribution in [-0.4, -0.2) is 28.1 Å². The van der Waals surface area contributed by atoms with Gasteiger partial charge < -0.3 is 10.4 Å². The number of hydrogen-bond acceptors (Lipinski definition) is 3. The fourth-order valence-corrected chi connectivity index (χ4v) is 1.41. The van der Waals surface area contributed by atoms with Crippen molar-refractivity contribution in [2.24, 2.45) is 5.92 Å². The van der Waals surface area contributed by atoms with Crippen molar-refractivity contribution in [2.45, 2.75) is 26.3 Å². The Morgan fingerprint density at radius 2 is 2.17 bits per heavy atom. The highest BCUT2D eigenvalue weighted by atomic mass is 16.4. The number of rotatable bonds is 5. The monoisotopic (exact) mass is 251 g/mol. The van der Waals surface area contributed by atoms with Gasteiger partial charge in [-0.05, 0) is 18.1 Å². The molecule has 2 amide bonds. The van der Waals surface area contributed by atoms with Crippen molar-refractivity contribution in [3.8, 4) is 0 Å². The predicted molar refractivity (Wildman–Crippen MR) is 67.3 cm³/mol. The molecule has 6 heteroatoms. The predicted octanol–water partition coefficient (Wildman–Crippen LogP) is 1.70. The number of aliphatic carboxylic acids is 1. The molecular formula is C12H17N3O3. The van der Waals surface area contributed by atoms with Crippen LogP contribution in [0, 0.1) is 5.92 Å². The summed E-state index contributed by atoms with van der Waals surface area (Å²) >= 11 is 0. The third-order valence-corrected chi connectivity index (χ3v) is 2.67. The van der Waals surface area contributed by atoms with Crippen LogP contribution >= 0.6 is 0 Å². The second kappa shape index (κ2) is 6.58. The minimum Gasteiger partial charge on any atom is -0.480 e. The van der Waals surface area contributed by atoms with Gasteiger partial charge in [0.1, 0.15) is 11.9 Å². The highest BCUT2D eigenvalue weighted by Gasteiger charge is 2.25. The number of nitrogens with zero attached hydrogens (tertiary/aromatic N) is 1. The Kier molecular flexibility index (Phi) is 5.10. The molecule has 0 spiro atoms. The second-order valence-corrected chi connectivity index (χ2v) is 4.01. The Labute approximate surface area is 105 Å². The number of hydrogen-bond donors (Lipinski definition) is 3. The first-order valence-electron chi connectivity index (χ1n) is 5.76. The molecule has 3 N–H and O–H groups in total. The Morgan fingerprint density at radius 3 is 2.67 bits per heavy atom. The number of nitrogens with one attached hydrogen (secondary N) is 2. The van der Waals surface area contributed by atoms with E-state index < -0.39 is 18.0 Å².